The van der Waals surface area contributed by atoms with Crippen molar-refractivity contribution in [1.29, 1.82) is 0 Å². The first-order chi connectivity index (χ1) is 13.7. The lowest BCUT2D eigenvalue weighted by Crippen LogP contribution is -2.41. The number of H-pyrrole nitrogens is 1. The van der Waals surface area contributed by atoms with E-state index in [2.05, 4.69) is 16.1 Å². The molecule has 6 heteroatoms. The molecule has 1 N–H and O–H groups in total. The van der Waals surface area contributed by atoms with Crippen LogP contribution in [-0.2, 0) is 26.3 Å². The van der Waals surface area contributed by atoms with Crippen molar-refractivity contribution in [2.24, 2.45) is 13.0 Å². The van der Waals surface area contributed by atoms with E-state index in [0.717, 1.165) is 68.5 Å². The van der Waals surface area contributed by atoms with Crippen LogP contribution in [-0.4, -0.2) is 43.6 Å². The average molecular weight is 377 g/mol. The molecule has 28 heavy (non-hydrogen) atoms. The van der Waals surface area contributed by atoms with Gasteiger partial charge in [-0.1, -0.05) is 12.1 Å². The first kappa shape index (κ1) is 17.5. The number of carbonyl (C=O) groups is 1. The Hall–Kier alpha value is -2.63. The molecule has 0 unspecified atom stereocenters. The molecule has 0 saturated carbocycles. The van der Waals surface area contributed by atoms with Crippen LogP contribution in [0.25, 0.3) is 11.0 Å². The molecule has 3 aromatic rings. The molecule has 1 saturated heterocycles. The maximum absolute atomic E-state index is 13.3. The Morgan fingerprint density at radius 1 is 1.21 bits per heavy atom. The lowest BCUT2D eigenvalue weighted by molar-refractivity contribution is 0.0664. The van der Waals surface area contributed by atoms with Crippen molar-refractivity contribution in [3.8, 4) is 0 Å². The second kappa shape index (κ2) is 7.08. The number of imidazole rings is 1. The molecule has 146 valence electrons. The van der Waals surface area contributed by atoms with Crippen molar-refractivity contribution in [2.45, 2.75) is 44.9 Å². The number of aromatic nitrogens is 4. The van der Waals surface area contributed by atoms with E-state index in [1.54, 1.807) is 0 Å². The number of likely N-dealkylation sites (tertiary alicyclic amines) is 1. The molecule has 1 aliphatic carbocycles. The van der Waals surface area contributed by atoms with E-state index in [1.807, 2.05) is 34.8 Å². The van der Waals surface area contributed by atoms with Crippen LogP contribution in [0.3, 0.4) is 0 Å². The van der Waals surface area contributed by atoms with E-state index in [-0.39, 0.29) is 5.91 Å². The number of fused-ring (bicyclic) bond motifs is 2. The lowest BCUT2D eigenvalue weighted by atomic mass is 9.93. The van der Waals surface area contributed by atoms with Gasteiger partial charge in [0.25, 0.3) is 5.91 Å². The van der Waals surface area contributed by atoms with E-state index < -0.39 is 0 Å². The molecule has 2 aliphatic rings. The fourth-order valence-corrected chi connectivity index (χ4v) is 4.89. The normalized spacial score (nSPS) is 19.8. The Kier molecular flexibility index (Phi) is 4.41. The number of amides is 1. The second-order valence-corrected chi connectivity index (χ2v) is 8.27. The summed E-state index contributed by atoms with van der Waals surface area (Å²) in [6.07, 6.45) is 7.46. The Labute approximate surface area is 164 Å². The Morgan fingerprint density at radius 3 is 2.96 bits per heavy atom. The van der Waals surface area contributed by atoms with Gasteiger partial charge in [0.15, 0.2) is 5.69 Å². The van der Waals surface area contributed by atoms with Gasteiger partial charge >= 0.3 is 0 Å². The molecule has 1 atom stereocenters. The molecule has 0 bridgehead atoms. The van der Waals surface area contributed by atoms with Crippen LogP contribution in [0.15, 0.2) is 24.3 Å². The maximum atomic E-state index is 13.3. The van der Waals surface area contributed by atoms with E-state index in [0.29, 0.717) is 11.6 Å². The monoisotopic (exact) mass is 377 g/mol. The zero-order valence-electron chi connectivity index (χ0n) is 16.4. The summed E-state index contributed by atoms with van der Waals surface area (Å²) in [6.45, 7) is 1.63. The van der Waals surface area contributed by atoms with E-state index in [4.69, 9.17) is 4.98 Å². The van der Waals surface area contributed by atoms with Crippen molar-refractivity contribution in [1.82, 2.24) is 24.6 Å². The summed E-state index contributed by atoms with van der Waals surface area (Å²) in [5.41, 5.74) is 5.24. The summed E-state index contributed by atoms with van der Waals surface area (Å²) in [5, 5.41) is 4.61. The molecule has 1 aliphatic heterocycles. The molecule has 1 fully saturated rings. The fourth-order valence-electron chi connectivity index (χ4n) is 4.89. The second-order valence-electron chi connectivity index (χ2n) is 8.27. The van der Waals surface area contributed by atoms with Crippen LogP contribution in [0.5, 0.6) is 0 Å². The molecular formula is C22H27N5O. The summed E-state index contributed by atoms with van der Waals surface area (Å²) < 4.78 is 1.93. The van der Waals surface area contributed by atoms with Crippen LogP contribution in [0, 0.1) is 5.92 Å². The van der Waals surface area contributed by atoms with E-state index >= 15 is 0 Å². The third-order valence-corrected chi connectivity index (χ3v) is 6.29. The van der Waals surface area contributed by atoms with Gasteiger partial charge in [-0.3, -0.25) is 9.48 Å². The van der Waals surface area contributed by atoms with Crippen LogP contribution in [0.4, 0.5) is 0 Å². The number of carbonyl (C=O) groups excluding carboxylic acids is 1. The zero-order valence-corrected chi connectivity index (χ0v) is 16.4. The lowest BCUT2D eigenvalue weighted by Gasteiger charge is -2.32. The molecule has 3 heterocycles. The van der Waals surface area contributed by atoms with Crippen LogP contribution >= 0.6 is 0 Å². The van der Waals surface area contributed by atoms with Crippen molar-refractivity contribution in [3.05, 3.63) is 47.0 Å². The van der Waals surface area contributed by atoms with Gasteiger partial charge in [0.2, 0.25) is 0 Å². The van der Waals surface area contributed by atoms with E-state index in [1.165, 1.54) is 17.7 Å². The molecule has 1 aromatic carbocycles. The van der Waals surface area contributed by atoms with Gasteiger partial charge in [-0.05, 0) is 56.6 Å². The zero-order chi connectivity index (χ0) is 19.1. The number of rotatable bonds is 3. The minimum Gasteiger partial charge on any atom is -0.342 e. The van der Waals surface area contributed by atoms with Crippen LogP contribution in [0.1, 0.15) is 53.3 Å². The summed E-state index contributed by atoms with van der Waals surface area (Å²) in [4.78, 5) is 23.4. The van der Waals surface area contributed by atoms with Crippen LogP contribution in [0.2, 0.25) is 0 Å². The molecule has 5 rings (SSSR count). The van der Waals surface area contributed by atoms with Crippen molar-refractivity contribution in [2.75, 3.05) is 13.1 Å². The number of hydrogen-bond acceptors (Lipinski definition) is 3. The van der Waals surface area contributed by atoms with Gasteiger partial charge in [0.1, 0.15) is 5.82 Å². The summed E-state index contributed by atoms with van der Waals surface area (Å²) in [5.74, 6) is 1.58. The predicted octanol–water partition coefficient (Wildman–Crippen LogP) is 3.27. The maximum Gasteiger partial charge on any atom is 0.274 e. The average Bonchev–Trinajstić information content (AvgIpc) is 3.28. The van der Waals surface area contributed by atoms with Crippen molar-refractivity contribution in [3.63, 3.8) is 0 Å². The Bertz CT molecular complexity index is 984. The number of nitrogens with zero attached hydrogens (tertiary/aromatic N) is 4. The topological polar surface area (TPSA) is 66.8 Å². The highest BCUT2D eigenvalue weighted by Gasteiger charge is 2.30. The smallest absolute Gasteiger partial charge is 0.274 e. The van der Waals surface area contributed by atoms with Gasteiger partial charge in [-0.25, -0.2) is 4.98 Å². The molecule has 6 nitrogen and oxygen atoms in total. The number of aromatic amines is 1. The molecule has 0 spiro atoms. The molecular weight excluding hydrogens is 350 g/mol. The Balaban J connectivity index is 1.32. The third kappa shape index (κ3) is 3.11. The van der Waals surface area contributed by atoms with Gasteiger partial charge in [-0.2, -0.15) is 5.10 Å². The number of para-hydroxylation sites is 2. The molecule has 1 amide bonds. The van der Waals surface area contributed by atoms with Gasteiger partial charge in [0, 0.05) is 37.8 Å². The number of nitrogens with one attached hydrogen (secondary N) is 1. The molecule has 0 radical (unpaired) electrons. The summed E-state index contributed by atoms with van der Waals surface area (Å²) >= 11 is 0. The minimum absolute atomic E-state index is 0.119. The number of benzene rings is 1. The Morgan fingerprint density at radius 2 is 2.07 bits per heavy atom. The first-order valence-corrected chi connectivity index (χ1v) is 10.5. The minimum atomic E-state index is 0.119. The van der Waals surface area contributed by atoms with Gasteiger partial charge in [-0.15, -0.1) is 0 Å². The predicted molar refractivity (Wildman–Crippen MR) is 108 cm³/mol. The van der Waals surface area contributed by atoms with Gasteiger partial charge in [0.05, 0.1) is 11.0 Å². The van der Waals surface area contributed by atoms with Crippen LogP contribution < -0.4 is 0 Å². The van der Waals surface area contributed by atoms with Gasteiger partial charge < -0.3 is 9.88 Å². The number of aryl methyl sites for hydroxylation is 1. The SMILES string of the molecule is Cn1nc(C(=O)N2CCC[C@@H](Cc3nc4ccccc4[nH]3)C2)c2c1CCCC2. The highest BCUT2D eigenvalue weighted by atomic mass is 16.2. The summed E-state index contributed by atoms with van der Waals surface area (Å²) in [6, 6.07) is 8.14. The number of piperidine rings is 1. The number of hydrogen-bond donors (Lipinski definition) is 1. The largest absolute Gasteiger partial charge is 0.342 e. The standard InChI is InChI=1S/C22H27N5O/c1-26-19-11-5-2-8-16(19)21(25-26)22(28)27-12-6-7-15(14-27)13-20-23-17-9-3-4-10-18(17)24-20/h3-4,9-10,15H,2,5-8,11-14H2,1H3,(H,23,24)/t15-/m0/s1. The molecule has 2 aromatic heterocycles. The highest BCUT2D eigenvalue weighted by Crippen LogP contribution is 2.27. The van der Waals surface area contributed by atoms with Crippen molar-refractivity contribution >= 4 is 16.9 Å². The van der Waals surface area contributed by atoms with E-state index in [9.17, 15) is 4.79 Å². The fraction of sp³-hybridized carbons (Fsp3) is 0.500. The third-order valence-electron chi connectivity index (χ3n) is 6.29. The van der Waals surface area contributed by atoms with Crippen molar-refractivity contribution < 1.29 is 4.79 Å². The highest BCUT2D eigenvalue weighted by molar-refractivity contribution is 5.94. The quantitative estimate of drug-likeness (QED) is 0.762. The first-order valence-electron chi connectivity index (χ1n) is 10.5. The summed E-state index contributed by atoms with van der Waals surface area (Å²) in [7, 11) is 1.97.